The van der Waals surface area contributed by atoms with Gasteiger partial charge in [0.25, 0.3) is 0 Å². The molecular weight excluding hydrogens is 498 g/mol. The Morgan fingerprint density at radius 1 is 0.432 bits per heavy atom. The van der Waals surface area contributed by atoms with Crippen molar-refractivity contribution >= 4 is 8.80 Å². The van der Waals surface area contributed by atoms with E-state index in [9.17, 15) is 0 Å². The zero-order chi connectivity index (χ0) is 26.8. The lowest BCUT2D eigenvalue weighted by Crippen LogP contribution is -3.00. The standard InChI is InChI=1S/C31H68NO3Si.ClH/c1-7-11-12-13-14-15-16-17-18-19-20-21-22-23-24-25-26-27-29-32(5,6)30-28-31-36(33-8-2,34-9-3)35-10-4;/h7-31H2,1-6H3;1H/q+1;/p-1. The Hall–Kier alpha value is 0.347. The third kappa shape index (κ3) is 25.1. The van der Waals surface area contributed by atoms with Crippen molar-refractivity contribution < 1.29 is 30.2 Å². The summed E-state index contributed by atoms with van der Waals surface area (Å²) in [7, 11) is 2.26. The summed E-state index contributed by atoms with van der Waals surface area (Å²) in [5.74, 6) is 0. The van der Waals surface area contributed by atoms with Crippen LogP contribution in [0.2, 0.25) is 6.04 Å². The van der Waals surface area contributed by atoms with Crippen molar-refractivity contribution in [2.45, 2.75) is 156 Å². The number of rotatable bonds is 29. The maximum Gasteiger partial charge on any atom is 0.501 e. The molecule has 0 aromatic heterocycles. The van der Waals surface area contributed by atoms with E-state index in [0.29, 0.717) is 19.8 Å². The summed E-state index contributed by atoms with van der Waals surface area (Å²) in [6, 6.07) is 0.934. The maximum atomic E-state index is 6.01. The van der Waals surface area contributed by atoms with Crippen molar-refractivity contribution in [2.75, 3.05) is 47.0 Å². The number of hydrogen-bond acceptors (Lipinski definition) is 3. The lowest BCUT2D eigenvalue weighted by atomic mass is 10.0. The summed E-state index contributed by atoms with van der Waals surface area (Å²) >= 11 is 0. The van der Waals surface area contributed by atoms with Crippen molar-refractivity contribution in [1.29, 1.82) is 0 Å². The van der Waals surface area contributed by atoms with Gasteiger partial charge in [-0.15, -0.1) is 0 Å². The average molecular weight is 566 g/mol. The molecule has 0 atom stereocenters. The fraction of sp³-hybridized carbons (Fsp3) is 1.00. The summed E-state index contributed by atoms with van der Waals surface area (Å²) in [5.41, 5.74) is 0. The van der Waals surface area contributed by atoms with Crippen LogP contribution in [0.15, 0.2) is 0 Å². The fourth-order valence-electron chi connectivity index (χ4n) is 5.28. The second-order valence-corrected chi connectivity index (χ2v) is 14.2. The highest BCUT2D eigenvalue weighted by molar-refractivity contribution is 6.60. The molecule has 226 valence electrons. The molecule has 0 aromatic rings. The van der Waals surface area contributed by atoms with Gasteiger partial charge in [0.15, 0.2) is 0 Å². The van der Waals surface area contributed by atoms with Crippen molar-refractivity contribution in [3.8, 4) is 0 Å². The van der Waals surface area contributed by atoms with Crippen LogP contribution < -0.4 is 12.4 Å². The van der Waals surface area contributed by atoms with Crippen LogP contribution in [0.3, 0.4) is 0 Å². The molecule has 0 aromatic carbocycles. The molecule has 0 saturated carbocycles. The normalized spacial score (nSPS) is 12.2. The van der Waals surface area contributed by atoms with E-state index in [-0.39, 0.29) is 12.4 Å². The Balaban J connectivity index is 0. The molecule has 0 aliphatic rings. The summed E-state index contributed by atoms with van der Waals surface area (Å²) in [6.45, 7) is 12.9. The van der Waals surface area contributed by atoms with Gasteiger partial charge in [0.2, 0.25) is 0 Å². The monoisotopic (exact) mass is 565 g/mol. The maximum absolute atomic E-state index is 6.01. The van der Waals surface area contributed by atoms with E-state index in [2.05, 4.69) is 21.0 Å². The van der Waals surface area contributed by atoms with E-state index >= 15 is 0 Å². The van der Waals surface area contributed by atoms with E-state index < -0.39 is 8.80 Å². The molecule has 0 aliphatic heterocycles. The van der Waals surface area contributed by atoms with E-state index in [0.717, 1.165) is 16.9 Å². The molecule has 37 heavy (non-hydrogen) atoms. The minimum atomic E-state index is -2.48. The largest absolute Gasteiger partial charge is 1.00 e. The molecule has 0 fully saturated rings. The van der Waals surface area contributed by atoms with Crippen LogP contribution in [-0.2, 0) is 13.3 Å². The minimum Gasteiger partial charge on any atom is -1.00 e. The first-order valence-corrected chi connectivity index (χ1v) is 18.1. The Morgan fingerprint density at radius 2 is 0.730 bits per heavy atom. The van der Waals surface area contributed by atoms with Gasteiger partial charge in [0.05, 0.1) is 27.2 Å². The molecule has 0 bridgehead atoms. The molecular formula is C31H68ClNO3Si. The Kier molecular flexibility index (Phi) is 29.8. The minimum absolute atomic E-state index is 0. The van der Waals surface area contributed by atoms with Gasteiger partial charge in [0, 0.05) is 32.3 Å². The van der Waals surface area contributed by atoms with Crippen LogP contribution in [-0.4, -0.2) is 60.3 Å². The first-order chi connectivity index (χ1) is 17.4. The average Bonchev–Trinajstić information content (AvgIpc) is 2.83. The Bertz CT molecular complexity index is 437. The van der Waals surface area contributed by atoms with E-state index in [1.54, 1.807) is 0 Å². The molecule has 0 N–H and O–H groups in total. The molecule has 0 saturated heterocycles. The summed E-state index contributed by atoms with van der Waals surface area (Å²) in [4.78, 5) is 0. The smallest absolute Gasteiger partial charge is 0.501 e. The van der Waals surface area contributed by atoms with Crippen LogP contribution >= 0.6 is 0 Å². The third-order valence-electron chi connectivity index (χ3n) is 7.46. The van der Waals surface area contributed by atoms with Gasteiger partial charge in [-0.3, -0.25) is 0 Å². The molecule has 0 amide bonds. The number of nitrogens with zero attached hydrogens (tertiary/aromatic N) is 1. The molecule has 0 spiro atoms. The highest BCUT2D eigenvalue weighted by Crippen LogP contribution is 2.20. The van der Waals surface area contributed by atoms with Crippen molar-refractivity contribution in [2.24, 2.45) is 0 Å². The first kappa shape index (κ1) is 39.5. The molecule has 0 unspecified atom stereocenters. The quantitative estimate of drug-likeness (QED) is 0.0585. The lowest BCUT2D eigenvalue weighted by molar-refractivity contribution is -0.890. The predicted octanol–water partition coefficient (Wildman–Crippen LogP) is 6.55. The van der Waals surface area contributed by atoms with Gasteiger partial charge in [-0.05, 0) is 33.6 Å². The SMILES string of the molecule is CCCCCCCCCCCCCCCCCCCC[N+](C)(C)CCC[Si](OCC)(OCC)OCC.[Cl-]. The summed E-state index contributed by atoms with van der Waals surface area (Å²) in [5, 5.41) is 0. The van der Waals surface area contributed by atoms with Gasteiger partial charge in [0.1, 0.15) is 0 Å². The van der Waals surface area contributed by atoms with Crippen molar-refractivity contribution in [1.82, 2.24) is 0 Å². The van der Waals surface area contributed by atoms with E-state index in [4.69, 9.17) is 13.3 Å². The van der Waals surface area contributed by atoms with Crippen molar-refractivity contribution in [3.05, 3.63) is 0 Å². The predicted molar refractivity (Wildman–Crippen MR) is 161 cm³/mol. The number of unbranched alkanes of at least 4 members (excludes halogenated alkanes) is 17. The molecule has 0 rings (SSSR count). The topological polar surface area (TPSA) is 27.7 Å². The van der Waals surface area contributed by atoms with E-state index in [1.807, 2.05) is 20.8 Å². The highest BCUT2D eigenvalue weighted by atomic mass is 35.5. The number of halogens is 1. The summed E-state index contributed by atoms with van der Waals surface area (Å²) < 4.78 is 19.1. The van der Waals surface area contributed by atoms with Crippen LogP contribution in [0.1, 0.15) is 150 Å². The Labute approximate surface area is 241 Å². The van der Waals surface area contributed by atoms with Crippen LogP contribution in [0.25, 0.3) is 0 Å². The molecule has 0 radical (unpaired) electrons. The van der Waals surface area contributed by atoms with Gasteiger partial charge < -0.3 is 30.2 Å². The number of quaternary nitrogens is 1. The lowest BCUT2D eigenvalue weighted by Gasteiger charge is -2.32. The second kappa shape index (κ2) is 27.9. The molecule has 0 heterocycles. The van der Waals surface area contributed by atoms with Gasteiger partial charge in [-0.1, -0.05) is 110 Å². The number of hydrogen-bond donors (Lipinski definition) is 0. The van der Waals surface area contributed by atoms with Crippen LogP contribution in [0.4, 0.5) is 0 Å². The van der Waals surface area contributed by atoms with Gasteiger partial charge >= 0.3 is 8.80 Å². The zero-order valence-corrected chi connectivity index (χ0v) is 28.0. The first-order valence-electron chi connectivity index (χ1n) is 16.2. The summed E-state index contributed by atoms with van der Waals surface area (Å²) in [6.07, 6.45) is 27.0. The van der Waals surface area contributed by atoms with E-state index in [1.165, 1.54) is 129 Å². The van der Waals surface area contributed by atoms with Crippen LogP contribution in [0.5, 0.6) is 0 Å². The van der Waals surface area contributed by atoms with Crippen LogP contribution in [0, 0.1) is 0 Å². The molecule has 6 heteroatoms. The van der Waals surface area contributed by atoms with Crippen molar-refractivity contribution in [3.63, 3.8) is 0 Å². The molecule has 4 nitrogen and oxygen atoms in total. The fourth-order valence-corrected chi connectivity index (χ4v) is 7.87. The molecule has 0 aliphatic carbocycles. The third-order valence-corrected chi connectivity index (χ3v) is 10.6. The van der Waals surface area contributed by atoms with Gasteiger partial charge in [-0.2, -0.15) is 0 Å². The van der Waals surface area contributed by atoms with Gasteiger partial charge in [-0.25, -0.2) is 0 Å². The Morgan fingerprint density at radius 3 is 1.05 bits per heavy atom. The second-order valence-electron chi connectivity index (χ2n) is 11.5. The zero-order valence-electron chi connectivity index (χ0n) is 26.2. The highest BCUT2D eigenvalue weighted by Gasteiger charge is 2.40.